The lowest BCUT2D eigenvalue weighted by molar-refractivity contribution is 0.360. The summed E-state index contributed by atoms with van der Waals surface area (Å²) in [6.07, 6.45) is 0. The normalized spacial score (nSPS) is 9.13. The van der Waals surface area contributed by atoms with E-state index in [0.717, 1.165) is 6.07 Å². The molecule has 0 saturated heterocycles. The molecule has 0 aliphatic heterocycles. The van der Waals surface area contributed by atoms with Crippen molar-refractivity contribution < 1.29 is 18.3 Å². The van der Waals surface area contributed by atoms with Gasteiger partial charge in [-0.2, -0.15) is 0 Å². The summed E-state index contributed by atoms with van der Waals surface area (Å²) in [6.45, 7) is 0. The fraction of sp³-hybridized carbons (Fsp3) is 0.250. The van der Waals surface area contributed by atoms with Gasteiger partial charge in [-0.25, -0.2) is 8.78 Å². The van der Waals surface area contributed by atoms with Crippen LogP contribution in [0.25, 0.3) is 0 Å². The Morgan fingerprint density at radius 3 is 1.80 bits per heavy atom. The molecule has 86 valence electrons. The summed E-state index contributed by atoms with van der Waals surface area (Å²) in [6, 6.07) is 1.10. The quantitative estimate of drug-likeness (QED) is 0.624. The summed E-state index contributed by atoms with van der Waals surface area (Å²) in [5, 5.41) is 0. The lowest BCUT2D eigenvalue weighted by Crippen LogP contribution is -2.12. The molecule has 0 saturated carbocycles. The molecule has 4 nitrogen and oxygen atoms in total. The Morgan fingerprint density at radius 2 is 1.53 bits per heavy atom. The van der Waals surface area contributed by atoms with E-state index in [0.29, 0.717) is 0 Å². The van der Waals surface area contributed by atoms with Crippen molar-refractivity contribution >= 4 is 18.1 Å². The van der Waals surface area contributed by atoms with Crippen LogP contribution in [0.3, 0.4) is 0 Å². The highest BCUT2D eigenvalue weighted by atomic mass is 35.5. The molecule has 1 rings (SSSR count). The average Bonchev–Trinajstić information content (AvgIpc) is 2.19. The molecule has 0 heterocycles. The molecule has 0 amide bonds. The number of nitrogen functional groups attached to an aromatic ring is 1. The van der Waals surface area contributed by atoms with Crippen LogP contribution in [0.4, 0.5) is 14.5 Å². The van der Waals surface area contributed by atoms with Gasteiger partial charge in [0.2, 0.25) is 0 Å². The number of rotatable bonds is 3. The minimum absolute atomic E-state index is 0. The first-order valence-electron chi connectivity index (χ1n) is 3.72. The van der Waals surface area contributed by atoms with E-state index in [-0.39, 0.29) is 23.9 Å². The molecule has 0 radical (unpaired) electrons. The zero-order valence-corrected chi connectivity index (χ0v) is 8.95. The van der Waals surface area contributed by atoms with E-state index in [1.54, 1.807) is 0 Å². The van der Waals surface area contributed by atoms with Gasteiger partial charge in [-0.1, -0.05) is 0 Å². The van der Waals surface area contributed by atoms with Crippen LogP contribution in [0.15, 0.2) is 6.07 Å². The number of ether oxygens (including phenoxy) is 2. The SMILES string of the molecule is COc1cc(OC)c(F)c(NN)c1F.Cl. The Hall–Kier alpha value is -1.27. The lowest BCUT2D eigenvalue weighted by atomic mass is 10.2. The first kappa shape index (κ1) is 13.7. The zero-order chi connectivity index (χ0) is 10.7. The molecule has 0 aliphatic rings. The van der Waals surface area contributed by atoms with Crippen molar-refractivity contribution in [2.24, 2.45) is 5.84 Å². The Balaban J connectivity index is 0.00000196. The standard InChI is InChI=1S/C8H10F2N2O2.ClH/c1-13-4-3-5(14-2)7(10)8(12-11)6(4)9;/h3,12H,11H2,1-2H3;1H. The van der Waals surface area contributed by atoms with Gasteiger partial charge in [0, 0.05) is 6.07 Å². The van der Waals surface area contributed by atoms with Crippen molar-refractivity contribution in [1.29, 1.82) is 0 Å². The van der Waals surface area contributed by atoms with Crippen molar-refractivity contribution in [1.82, 2.24) is 0 Å². The molecule has 0 atom stereocenters. The highest BCUT2D eigenvalue weighted by Crippen LogP contribution is 2.33. The van der Waals surface area contributed by atoms with Crippen molar-refractivity contribution in [3.8, 4) is 11.5 Å². The second-order valence-corrected chi connectivity index (χ2v) is 2.43. The minimum Gasteiger partial charge on any atom is -0.493 e. The van der Waals surface area contributed by atoms with Crippen molar-refractivity contribution in [2.45, 2.75) is 0 Å². The van der Waals surface area contributed by atoms with Crippen molar-refractivity contribution in [3.63, 3.8) is 0 Å². The second kappa shape index (κ2) is 5.57. The van der Waals surface area contributed by atoms with E-state index >= 15 is 0 Å². The topological polar surface area (TPSA) is 56.5 Å². The lowest BCUT2D eigenvalue weighted by Gasteiger charge is -2.11. The number of halogens is 3. The highest BCUT2D eigenvalue weighted by molar-refractivity contribution is 5.85. The van der Waals surface area contributed by atoms with Gasteiger partial charge in [-0.15, -0.1) is 12.4 Å². The maximum atomic E-state index is 13.3. The number of hydrazine groups is 1. The Kier molecular flexibility index (Phi) is 5.10. The highest BCUT2D eigenvalue weighted by Gasteiger charge is 2.18. The minimum atomic E-state index is -0.895. The third-order valence-electron chi connectivity index (χ3n) is 1.72. The first-order chi connectivity index (χ1) is 6.65. The van der Waals surface area contributed by atoms with E-state index in [9.17, 15) is 8.78 Å². The van der Waals surface area contributed by atoms with Gasteiger partial charge in [0.15, 0.2) is 23.1 Å². The third kappa shape index (κ3) is 2.40. The van der Waals surface area contributed by atoms with E-state index in [2.05, 4.69) is 9.47 Å². The van der Waals surface area contributed by atoms with Gasteiger partial charge in [-0.3, -0.25) is 5.84 Å². The Labute approximate surface area is 91.7 Å². The van der Waals surface area contributed by atoms with E-state index in [4.69, 9.17) is 5.84 Å². The number of hydrogen-bond donors (Lipinski definition) is 2. The summed E-state index contributed by atoms with van der Waals surface area (Å²) < 4.78 is 35.9. The van der Waals surface area contributed by atoms with Gasteiger partial charge in [0.25, 0.3) is 0 Å². The fourth-order valence-corrected chi connectivity index (χ4v) is 1.01. The maximum absolute atomic E-state index is 13.3. The molecule has 1 aromatic carbocycles. The molecule has 0 unspecified atom stereocenters. The van der Waals surface area contributed by atoms with Crippen LogP contribution in [0.5, 0.6) is 11.5 Å². The van der Waals surface area contributed by atoms with Crippen molar-refractivity contribution in [3.05, 3.63) is 17.7 Å². The van der Waals surface area contributed by atoms with Crippen molar-refractivity contribution in [2.75, 3.05) is 19.6 Å². The number of nitrogens with one attached hydrogen (secondary N) is 1. The maximum Gasteiger partial charge on any atom is 0.192 e. The van der Waals surface area contributed by atoms with Gasteiger partial charge in [0.05, 0.1) is 14.2 Å². The predicted octanol–water partition coefficient (Wildman–Crippen LogP) is 1.69. The van der Waals surface area contributed by atoms with Gasteiger partial charge >= 0.3 is 0 Å². The summed E-state index contributed by atoms with van der Waals surface area (Å²) in [4.78, 5) is 0. The number of methoxy groups -OCH3 is 2. The first-order valence-corrected chi connectivity index (χ1v) is 3.72. The van der Waals surface area contributed by atoms with E-state index in [1.807, 2.05) is 5.43 Å². The molecule has 0 bridgehead atoms. The molecular weight excluding hydrogens is 230 g/mol. The fourth-order valence-electron chi connectivity index (χ4n) is 1.01. The second-order valence-electron chi connectivity index (χ2n) is 2.43. The summed E-state index contributed by atoms with van der Waals surface area (Å²) in [5.41, 5.74) is 1.42. The number of anilines is 1. The third-order valence-corrected chi connectivity index (χ3v) is 1.72. The van der Waals surface area contributed by atoms with E-state index < -0.39 is 17.3 Å². The average molecular weight is 241 g/mol. The van der Waals surface area contributed by atoms with Crippen LogP contribution in [0, 0.1) is 11.6 Å². The van der Waals surface area contributed by atoms with Gasteiger partial charge < -0.3 is 14.9 Å². The van der Waals surface area contributed by atoms with Gasteiger partial charge in [0.1, 0.15) is 5.69 Å². The largest absolute Gasteiger partial charge is 0.493 e. The monoisotopic (exact) mass is 240 g/mol. The van der Waals surface area contributed by atoms with Gasteiger partial charge in [-0.05, 0) is 0 Å². The predicted molar refractivity (Wildman–Crippen MR) is 54.5 cm³/mol. The summed E-state index contributed by atoms with van der Waals surface area (Å²) >= 11 is 0. The Bertz CT molecular complexity index is 322. The van der Waals surface area contributed by atoms with Crippen LogP contribution in [-0.4, -0.2) is 14.2 Å². The molecule has 0 fully saturated rings. The van der Waals surface area contributed by atoms with Crippen LogP contribution >= 0.6 is 12.4 Å². The van der Waals surface area contributed by atoms with Crippen LogP contribution in [-0.2, 0) is 0 Å². The van der Waals surface area contributed by atoms with Crippen LogP contribution in [0.2, 0.25) is 0 Å². The molecule has 0 aromatic heterocycles. The molecule has 3 N–H and O–H groups in total. The summed E-state index contributed by atoms with van der Waals surface area (Å²) in [7, 11) is 2.52. The molecular formula is C8H11ClF2N2O2. The zero-order valence-electron chi connectivity index (χ0n) is 8.14. The molecule has 0 aliphatic carbocycles. The van der Waals surface area contributed by atoms with E-state index in [1.165, 1.54) is 14.2 Å². The number of nitrogens with two attached hydrogens (primary N) is 1. The molecule has 15 heavy (non-hydrogen) atoms. The molecule has 0 spiro atoms. The summed E-state index contributed by atoms with van der Waals surface area (Å²) in [5.74, 6) is 2.88. The Morgan fingerprint density at radius 1 is 1.13 bits per heavy atom. The number of benzene rings is 1. The van der Waals surface area contributed by atoms with Crippen LogP contribution < -0.4 is 20.7 Å². The van der Waals surface area contributed by atoms with Crippen LogP contribution in [0.1, 0.15) is 0 Å². The molecule has 7 heteroatoms. The smallest absolute Gasteiger partial charge is 0.192 e. The molecule has 1 aromatic rings. The number of hydrogen-bond acceptors (Lipinski definition) is 4.